The molecular weight excluding hydrogens is 416 g/mol. The number of morpholine rings is 1. The van der Waals surface area contributed by atoms with Crippen molar-refractivity contribution >= 4 is 28.4 Å². The lowest BCUT2D eigenvalue weighted by molar-refractivity contribution is 0.0615. The summed E-state index contributed by atoms with van der Waals surface area (Å²) in [6, 6.07) is 11.3. The molecule has 2 aliphatic heterocycles. The highest BCUT2D eigenvalue weighted by molar-refractivity contribution is 5.78. The van der Waals surface area contributed by atoms with Crippen LogP contribution in [0.25, 0.3) is 22.3 Å². The predicted molar refractivity (Wildman–Crippen MR) is 115 cm³/mol. The van der Waals surface area contributed by atoms with Crippen LogP contribution in [0, 0.1) is 0 Å². The van der Waals surface area contributed by atoms with Crippen molar-refractivity contribution in [3.63, 3.8) is 0 Å². The first-order chi connectivity index (χ1) is 15.6. The van der Waals surface area contributed by atoms with Crippen LogP contribution in [0.3, 0.4) is 0 Å². The van der Waals surface area contributed by atoms with Crippen molar-refractivity contribution in [1.29, 1.82) is 0 Å². The van der Waals surface area contributed by atoms with E-state index < -0.39 is 6.55 Å². The van der Waals surface area contributed by atoms with Crippen LogP contribution < -0.4 is 10.2 Å². The molecule has 0 spiro atoms. The Morgan fingerprint density at radius 2 is 2.00 bits per heavy atom. The molecule has 32 heavy (non-hydrogen) atoms. The monoisotopic (exact) mass is 435 g/mol. The van der Waals surface area contributed by atoms with Gasteiger partial charge in [-0.1, -0.05) is 0 Å². The molecule has 162 valence electrons. The van der Waals surface area contributed by atoms with Crippen molar-refractivity contribution in [2.45, 2.75) is 25.1 Å². The Bertz CT molecular complexity index is 1290. The summed E-state index contributed by atoms with van der Waals surface area (Å²) in [7, 11) is 0. The Balaban J connectivity index is 1.25. The van der Waals surface area contributed by atoms with Crippen molar-refractivity contribution in [3.05, 3.63) is 55.0 Å². The zero-order chi connectivity index (χ0) is 21.7. The second kappa shape index (κ2) is 7.49. The molecular formula is C22H19F2N7O. The van der Waals surface area contributed by atoms with E-state index in [0.717, 1.165) is 36.6 Å². The SMILES string of the molecule is FC(F)n1ncc2nc(-c3ccnc(Nc4ccnc(N5C[C@@H]6C[C@H]5CO6)c4)c3)ccc21. The zero-order valence-corrected chi connectivity index (χ0v) is 16.9. The van der Waals surface area contributed by atoms with Crippen molar-refractivity contribution in [1.82, 2.24) is 24.7 Å². The largest absolute Gasteiger partial charge is 0.374 e. The summed E-state index contributed by atoms with van der Waals surface area (Å²) in [5, 5.41) is 7.05. The van der Waals surface area contributed by atoms with Gasteiger partial charge in [0.2, 0.25) is 0 Å². The van der Waals surface area contributed by atoms with Crippen LogP contribution in [-0.2, 0) is 4.74 Å². The molecule has 4 aromatic rings. The second-order valence-corrected chi connectivity index (χ2v) is 7.92. The molecule has 6 heterocycles. The summed E-state index contributed by atoms with van der Waals surface area (Å²) in [5.41, 5.74) is 3.06. The molecule has 0 unspecified atom stereocenters. The predicted octanol–water partition coefficient (Wildman–Crippen LogP) is 4.00. The van der Waals surface area contributed by atoms with E-state index >= 15 is 0 Å². The topological polar surface area (TPSA) is 81.0 Å². The van der Waals surface area contributed by atoms with Crippen molar-refractivity contribution < 1.29 is 13.5 Å². The third kappa shape index (κ3) is 3.32. The van der Waals surface area contributed by atoms with Gasteiger partial charge in [-0.15, -0.1) is 0 Å². The highest BCUT2D eigenvalue weighted by Gasteiger charge is 2.39. The Hall–Kier alpha value is -3.66. The first-order valence-corrected chi connectivity index (χ1v) is 10.3. The maximum atomic E-state index is 13.0. The first kappa shape index (κ1) is 19.1. The lowest BCUT2D eigenvalue weighted by Crippen LogP contribution is -2.37. The molecule has 2 aliphatic rings. The maximum absolute atomic E-state index is 13.0. The van der Waals surface area contributed by atoms with E-state index in [9.17, 15) is 8.78 Å². The average molecular weight is 435 g/mol. The highest BCUT2D eigenvalue weighted by Crippen LogP contribution is 2.33. The van der Waals surface area contributed by atoms with Gasteiger partial charge in [0, 0.05) is 36.3 Å². The molecule has 4 aromatic heterocycles. The van der Waals surface area contributed by atoms with Crippen molar-refractivity contribution in [3.8, 4) is 11.3 Å². The Kier molecular flexibility index (Phi) is 4.46. The maximum Gasteiger partial charge on any atom is 0.333 e. The molecule has 0 radical (unpaired) electrons. The third-order valence-corrected chi connectivity index (χ3v) is 5.91. The van der Waals surface area contributed by atoms with E-state index in [-0.39, 0.29) is 0 Å². The molecule has 2 bridgehead atoms. The summed E-state index contributed by atoms with van der Waals surface area (Å²) < 4.78 is 32.4. The molecule has 2 atom stereocenters. The van der Waals surface area contributed by atoms with Gasteiger partial charge in [-0.05, 0) is 36.8 Å². The number of hydrogen-bond acceptors (Lipinski definition) is 7. The van der Waals surface area contributed by atoms with Gasteiger partial charge in [0.15, 0.2) is 0 Å². The lowest BCUT2D eigenvalue weighted by atomic mass is 10.1. The average Bonchev–Trinajstić information content (AvgIpc) is 3.54. The molecule has 6 rings (SSSR count). The van der Waals surface area contributed by atoms with E-state index in [2.05, 4.69) is 30.3 Å². The van der Waals surface area contributed by atoms with E-state index in [0.29, 0.717) is 39.4 Å². The van der Waals surface area contributed by atoms with E-state index in [4.69, 9.17) is 4.74 Å². The Morgan fingerprint density at radius 3 is 2.81 bits per heavy atom. The van der Waals surface area contributed by atoms with Gasteiger partial charge in [0.25, 0.3) is 0 Å². The number of halogens is 2. The first-order valence-electron chi connectivity index (χ1n) is 10.3. The minimum atomic E-state index is -2.70. The minimum absolute atomic E-state index is 0.293. The fourth-order valence-corrected chi connectivity index (χ4v) is 4.39. The normalized spacial score (nSPS) is 19.9. The number of anilines is 3. The van der Waals surface area contributed by atoms with Crippen LogP contribution in [-0.4, -0.2) is 50.0 Å². The molecule has 0 saturated carbocycles. The van der Waals surface area contributed by atoms with Gasteiger partial charge >= 0.3 is 6.55 Å². The number of nitrogens with one attached hydrogen (secondary N) is 1. The van der Waals surface area contributed by atoms with Crippen molar-refractivity contribution in [2.24, 2.45) is 0 Å². The zero-order valence-electron chi connectivity index (χ0n) is 16.9. The molecule has 8 nitrogen and oxygen atoms in total. The standard InChI is InChI=1S/C22H19F2N7O/c23-22(24)31-19-2-1-17(29-18(19)10-27-31)13-3-5-25-20(7-13)28-14-4-6-26-21(8-14)30-11-16-9-15(30)12-32-16/h1-8,10,15-16,22H,9,11-12H2,(H,25,26,28)/t15-,16-/m0/s1. The van der Waals surface area contributed by atoms with E-state index in [1.165, 1.54) is 6.20 Å². The molecule has 0 aliphatic carbocycles. The Labute approximate surface area is 181 Å². The van der Waals surface area contributed by atoms with Gasteiger partial charge in [-0.3, -0.25) is 0 Å². The quantitative estimate of drug-likeness (QED) is 0.507. The molecule has 10 heteroatoms. The van der Waals surface area contributed by atoms with Gasteiger partial charge in [0.05, 0.1) is 36.2 Å². The van der Waals surface area contributed by atoms with Crippen molar-refractivity contribution in [2.75, 3.05) is 23.4 Å². The number of ether oxygens (including phenoxy) is 1. The fourth-order valence-electron chi connectivity index (χ4n) is 4.39. The van der Waals surface area contributed by atoms with E-state index in [1.807, 2.05) is 24.3 Å². The second-order valence-electron chi connectivity index (χ2n) is 7.92. The number of rotatable bonds is 5. The van der Waals surface area contributed by atoms with Gasteiger partial charge in [-0.2, -0.15) is 13.9 Å². The number of hydrogen-bond donors (Lipinski definition) is 1. The number of alkyl halides is 2. The number of aromatic nitrogens is 5. The fraction of sp³-hybridized carbons (Fsp3) is 0.273. The van der Waals surface area contributed by atoms with Gasteiger partial charge in [0.1, 0.15) is 17.2 Å². The van der Waals surface area contributed by atoms with Crippen LogP contribution in [0.4, 0.5) is 26.1 Å². The van der Waals surface area contributed by atoms with Crippen LogP contribution in [0.15, 0.2) is 55.0 Å². The molecule has 2 saturated heterocycles. The summed E-state index contributed by atoms with van der Waals surface area (Å²) in [6.07, 6.45) is 6.17. The Morgan fingerprint density at radius 1 is 1.09 bits per heavy atom. The number of nitrogens with zero attached hydrogens (tertiary/aromatic N) is 6. The summed E-state index contributed by atoms with van der Waals surface area (Å²) in [5.74, 6) is 1.57. The van der Waals surface area contributed by atoms with Crippen LogP contribution in [0.1, 0.15) is 13.0 Å². The number of pyridine rings is 3. The minimum Gasteiger partial charge on any atom is -0.374 e. The van der Waals surface area contributed by atoms with Crippen LogP contribution in [0.2, 0.25) is 0 Å². The summed E-state index contributed by atoms with van der Waals surface area (Å²) in [6.45, 7) is -1.09. The highest BCUT2D eigenvalue weighted by atomic mass is 19.3. The van der Waals surface area contributed by atoms with Gasteiger partial charge < -0.3 is 15.0 Å². The lowest BCUT2D eigenvalue weighted by Gasteiger charge is -2.28. The number of fused-ring (bicyclic) bond motifs is 3. The summed E-state index contributed by atoms with van der Waals surface area (Å²) >= 11 is 0. The van der Waals surface area contributed by atoms with Crippen LogP contribution >= 0.6 is 0 Å². The summed E-state index contributed by atoms with van der Waals surface area (Å²) in [4.78, 5) is 15.7. The molecule has 0 aromatic carbocycles. The van der Waals surface area contributed by atoms with Gasteiger partial charge in [-0.25, -0.2) is 19.6 Å². The third-order valence-electron chi connectivity index (χ3n) is 5.91. The molecule has 0 amide bonds. The van der Waals surface area contributed by atoms with Crippen LogP contribution in [0.5, 0.6) is 0 Å². The molecule has 2 fully saturated rings. The van der Waals surface area contributed by atoms with E-state index in [1.54, 1.807) is 24.5 Å². The smallest absolute Gasteiger partial charge is 0.333 e. The molecule has 1 N–H and O–H groups in total.